The van der Waals surface area contributed by atoms with Crippen molar-refractivity contribution in [3.63, 3.8) is 0 Å². The van der Waals surface area contributed by atoms with Gasteiger partial charge in [-0.3, -0.25) is 4.79 Å². The van der Waals surface area contributed by atoms with E-state index in [1.165, 1.54) is 10.6 Å². The third-order valence-corrected chi connectivity index (χ3v) is 5.00. The number of aryl methyl sites for hydroxylation is 1. The fourth-order valence-corrected chi connectivity index (χ4v) is 3.36. The number of halogens is 2. The van der Waals surface area contributed by atoms with Crippen LogP contribution in [0.15, 0.2) is 60.8 Å². The smallest absolute Gasteiger partial charge is 0.254 e. The minimum absolute atomic E-state index is 0.000142. The molecule has 2 aromatic heterocycles. The number of aromatic nitrogens is 3. The van der Waals surface area contributed by atoms with Crippen LogP contribution >= 0.6 is 11.6 Å². The molecule has 4 rings (SSSR count). The van der Waals surface area contributed by atoms with Crippen LogP contribution in [0.4, 0.5) is 10.3 Å². The van der Waals surface area contributed by atoms with Crippen molar-refractivity contribution in [2.24, 2.45) is 0 Å². The molecular weight excluding hydrogens is 405 g/mol. The van der Waals surface area contributed by atoms with Gasteiger partial charge in [0.25, 0.3) is 5.91 Å². The molecule has 0 fully saturated rings. The third kappa shape index (κ3) is 4.26. The van der Waals surface area contributed by atoms with Crippen molar-refractivity contribution in [1.82, 2.24) is 19.9 Å². The highest BCUT2D eigenvalue weighted by Crippen LogP contribution is 2.26. The number of benzene rings is 2. The Morgan fingerprint density at radius 3 is 2.77 bits per heavy atom. The molecule has 1 amide bonds. The number of pyridine rings is 1. The first-order chi connectivity index (χ1) is 14.5. The van der Waals surface area contributed by atoms with Crippen LogP contribution in [0, 0.1) is 5.82 Å². The van der Waals surface area contributed by atoms with Gasteiger partial charge in [0.05, 0.1) is 5.56 Å². The molecule has 0 aliphatic rings. The summed E-state index contributed by atoms with van der Waals surface area (Å²) in [5.74, 6) is -0.887. The molecule has 4 aromatic rings. The number of carbonyl (C=O) groups excluding carboxylic acids is 1. The SMILES string of the molecule is Nc1nc2cc(-c3cccc(C(=O)NCCCc4ccc(Cl)cc4)c3F)ccn2n1. The molecular formula is C22H19ClFN5O. The number of rotatable bonds is 6. The second-order valence-electron chi connectivity index (χ2n) is 6.84. The molecule has 0 saturated carbocycles. The number of hydrogen-bond donors (Lipinski definition) is 2. The summed E-state index contributed by atoms with van der Waals surface area (Å²) in [5, 5.41) is 7.48. The summed E-state index contributed by atoms with van der Waals surface area (Å²) in [5.41, 5.74) is 8.13. The number of hydrogen-bond acceptors (Lipinski definition) is 4. The van der Waals surface area contributed by atoms with Crippen LogP contribution in [-0.2, 0) is 6.42 Å². The Hall–Kier alpha value is -3.45. The van der Waals surface area contributed by atoms with E-state index in [-0.39, 0.29) is 11.5 Å². The average molecular weight is 424 g/mol. The summed E-state index contributed by atoms with van der Waals surface area (Å²) in [6.45, 7) is 0.441. The predicted octanol–water partition coefficient (Wildman–Crippen LogP) is 4.13. The van der Waals surface area contributed by atoms with Crippen molar-refractivity contribution in [1.29, 1.82) is 0 Å². The van der Waals surface area contributed by atoms with Crippen molar-refractivity contribution in [2.45, 2.75) is 12.8 Å². The van der Waals surface area contributed by atoms with Gasteiger partial charge in [-0.15, -0.1) is 5.10 Å². The number of carbonyl (C=O) groups is 1. The van der Waals surface area contributed by atoms with E-state index in [1.807, 2.05) is 24.3 Å². The maximum absolute atomic E-state index is 15.1. The Bertz CT molecular complexity index is 1210. The quantitative estimate of drug-likeness (QED) is 0.456. The molecule has 0 spiro atoms. The zero-order valence-corrected chi connectivity index (χ0v) is 16.7. The molecule has 0 saturated heterocycles. The van der Waals surface area contributed by atoms with Gasteiger partial charge < -0.3 is 11.1 Å². The van der Waals surface area contributed by atoms with Crippen molar-refractivity contribution in [2.75, 3.05) is 12.3 Å². The van der Waals surface area contributed by atoms with Crippen LogP contribution in [0.3, 0.4) is 0 Å². The topological polar surface area (TPSA) is 85.3 Å². The molecule has 6 nitrogen and oxygen atoms in total. The van der Waals surface area contributed by atoms with E-state index in [4.69, 9.17) is 17.3 Å². The molecule has 152 valence electrons. The highest BCUT2D eigenvalue weighted by molar-refractivity contribution is 6.30. The van der Waals surface area contributed by atoms with Gasteiger partial charge in [0.1, 0.15) is 5.82 Å². The summed E-state index contributed by atoms with van der Waals surface area (Å²) < 4.78 is 16.6. The maximum atomic E-state index is 15.1. The van der Waals surface area contributed by atoms with Crippen LogP contribution in [-0.4, -0.2) is 27.0 Å². The molecule has 30 heavy (non-hydrogen) atoms. The number of nitrogen functional groups attached to an aromatic ring is 1. The first-order valence-corrected chi connectivity index (χ1v) is 9.82. The van der Waals surface area contributed by atoms with E-state index in [2.05, 4.69) is 15.4 Å². The Kier molecular flexibility index (Phi) is 5.63. The normalized spacial score (nSPS) is 11.0. The van der Waals surface area contributed by atoms with Gasteiger partial charge in [-0.05, 0) is 54.3 Å². The number of nitrogens with zero attached hydrogens (tertiary/aromatic N) is 3. The Morgan fingerprint density at radius 1 is 1.17 bits per heavy atom. The lowest BCUT2D eigenvalue weighted by molar-refractivity contribution is 0.0949. The second-order valence-corrected chi connectivity index (χ2v) is 7.28. The largest absolute Gasteiger partial charge is 0.366 e. The molecule has 0 aliphatic heterocycles. The van der Waals surface area contributed by atoms with Crippen molar-refractivity contribution < 1.29 is 9.18 Å². The molecule has 0 radical (unpaired) electrons. The van der Waals surface area contributed by atoms with Gasteiger partial charge >= 0.3 is 0 Å². The zero-order valence-electron chi connectivity index (χ0n) is 16.0. The van der Waals surface area contributed by atoms with Gasteiger partial charge in [0.15, 0.2) is 5.65 Å². The Balaban J connectivity index is 1.44. The van der Waals surface area contributed by atoms with E-state index in [1.54, 1.807) is 30.5 Å². The number of nitrogens with one attached hydrogen (secondary N) is 1. The molecule has 0 aliphatic carbocycles. The van der Waals surface area contributed by atoms with Crippen LogP contribution in [0.25, 0.3) is 16.8 Å². The molecule has 8 heteroatoms. The summed E-state index contributed by atoms with van der Waals surface area (Å²) in [7, 11) is 0. The first-order valence-electron chi connectivity index (χ1n) is 9.45. The van der Waals surface area contributed by atoms with E-state index >= 15 is 4.39 Å². The van der Waals surface area contributed by atoms with Crippen LogP contribution in [0.5, 0.6) is 0 Å². The predicted molar refractivity (Wildman–Crippen MR) is 115 cm³/mol. The van der Waals surface area contributed by atoms with Gasteiger partial charge in [0, 0.05) is 23.3 Å². The van der Waals surface area contributed by atoms with Crippen molar-refractivity contribution in [3.8, 4) is 11.1 Å². The van der Waals surface area contributed by atoms with Crippen LogP contribution < -0.4 is 11.1 Å². The van der Waals surface area contributed by atoms with Crippen LogP contribution in [0.1, 0.15) is 22.3 Å². The van der Waals surface area contributed by atoms with E-state index < -0.39 is 11.7 Å². The summed E-state index contributed by atoms with van der Waals surface area (Å²) in [6.07, 6.45) is 3.18. The molecule has 0 atom stereocenters. The van der Waals surface area contributed by atoms with Gasteiger partial charge in [0.2, 0.25) is 5.95 Å². The van der Waals surface area contributed by atoms with Crippen molar-refractivity contribution in [3.05, 3.63) is 82.8 Å². The highest BCUT2D eigenvalue weighted by atomic mass is 35.5. The van der Waals surface area contributed by atoms with Gasteiger partial charge in [-0.1, -0.05) is 35.9 Å². The van der Waals surface area contributed by atoms with E-state index in [9.17, 15) is 4.79 Å². The first kappa shape index (κ1) is 19.8. The number of fused-ring (bicyclic) bond motifs is 1. The molecule has 0 unspecified atom stereocenters. The summed E-state index contributed by atoms with van der Waals surface area (Å²) in [4.78, 5) is 16.6. The third-order valence-electron chi connectivity index (χ3n) is 4.75. The van der Waals surface area contributed by atoms with Crippen molar-refractivity contribution >= 4 is 29.1 Å². The van der Waals surface area contributed by atoms with Gasteiger partial charge in [-0.2, -0.15) is 4.98 Å². The number of amides is 1. The summed E-state index contributed by atoms with van der Waals surface area (Å²) >= 11 is 5.88. The molecule has 0 bridgehead atoms. The lowest BCUT2D eigenvalue weighted by Gasteiger charge is -2.10. The highest BCUT2D eigenvalue weighted by Gasteiger charge is 2.16. The van der Waals surface area contributed by atoms with Gasteiger partial charge in [-0.25, -0.2) is 8.91 Å². The fourth-order valence-electron chi connectivity index (χ4n) is 3.24. The monoisotopic (exact) mass is 423 g/mol. The molecule has 2 heterocycles. The number of anilines is 1. The number of nitrogens with two attached hydrogens (primary N) is 1. The molecule has 2 aromatic carbocycles. The summed E-state index contributed by atoms with van der Waals surface area (Å²) in [6, 6.07) is 15.7. The zero-order chi connectivity index (χ0) is 21.1. The second kappa shape index (κ2) is 8.51. The molecule has 3 N–H and O–H groups in total. The Morgan fingerprint density at radius 2 is 1.97 bits per heavy atom. The maximum Gasteiger partial charge on any atom is 0.254 e. The van der Waals surface area contributed by atoms with Crippen LogP contribution in [0.2, 0.25) is 5.02 Å². The fraction of sp³-hybridized carbons (Fsp3) is 0.136. The standard InChI is InChI=1S/C22H19ClFN5O/c23-16-8-6-14(7-9-16)3-2-11-26-21(30)18-5-1-4-17(20(18)24)15-10-12-29-19(13-15)27-22(25)28-29/h1,4-10,12-13H,2-3,11H2,(H2,25,28)(H,26,30). The minimum atomic E-state index is -0.579. The average Bonchev–Trinajstić information content (AvgIpc) is 3.11. The Labute approximate surface area is 177 Å². The minimum Gasteiger partial charge on any atom is -0.366 e. The lowest BCUT2D eigenvalue weighted by Crippen LogP contribution is -2.25. The van der Waals surface area contributed by atoms with E-state index in [0.717, 1.165) is 18.4 Å². The van der Waals surface area contributed by atoms with E-state index in [0.29, 0.717) is 28.3 Å². The lowest BCUT2D eigenvalue weighted by atomic mass is 10.0.